The molecule has 1 aliphatic carbocycles. The van der Waals surface area contributed by atoms with Gasteiger partial charge in [0.1, 0.15) is 17.4 Å². The predicted molar refractivity (Wildman–Crippen MR) is 121 cm³/mol. The number of rotatable bonds is 4. The molecule has 1 N–H and O–H groups in total. The lowest BCUT2D eigenvalue weighted by Gasteiger charge is -2.16. The Bertz CT molecular complexity index is 1550. The van der Waals surface area contributed by atoms with Crippen molar-refractivity contribution >= 4 is 28.2 Å². The molecule has 0 bridgehead atoms. The maximum absolute atomic E-state index is 13.8. The second-order valence-electron chi connectivity index (χ2n) is 8.29. The van der Waals surface area contributed by atoms with Gasteiger partial charge in [0.2, 0.25) is 5.82 Å². The molecule has 166 valence electrons. The van der Waals surface area contributed by atoms with Crippen molar-refractivity contribution in [3.63, 3.8) is 0 Å². The quantitative estimate of drug-likeness (QED) is 0.434. The third-order valence-corrected chi connectivity index (χ3v) is 6.54. The van der Waals surface area contributed by atoms with Crippen LogP contribution < -0.4 is 5.56 Å². The van der Waals surface area contributed by atoms with Crippen molar-refractivity contribution in [2.75, 3.05) is 0 Å². The molecule has 0 aliphatic heterocycles. The van der Waals surface area contributed by atoms with Gasteiger partial charge in [0.05, 0.1) is 28.3 Å². The van der Waals surface area contributed by atoms with Crippen LogP contribution in [0.25, 0.3) is 28.1 Å². The molecule has 5 aromatic rings. The highest BCUT2D eigenvalue weighted by Gasteiger charge is 2.38. The molecule has 1 saturated carbocycles. The summed E-state index contributed by atoms with van der Waals surface area (Å²) in [5.41, 5.74) is 1.14. The zero-order chi connectivity index (χ0) is 22.6. The first-order valence-corrected chi connectivity index (χ1v) is 11.1. The molecule has 33 heavy (non-hydrogen) atoms. The zero-order valence-corrected chi connectivity index (χ0v) is 18.2. The van der Waals surface area contributed by atoms with Crippen LogP contribution >= 0.6 is 11.6 Å². The lowest BCUT2D eigenvalue weighted by molar-refractivity contribution is 0.0328. The normalized spacial score (nSPS) is 15.6. The SMILES string of the molecule is O=c1c2c(-c3nc(C4(O)CCCC4)no3)ncn2c2cccc(Cl)c2n1Cc1ccccn1. The number of nitrogens with zero attached hydrogens (tertiary/aromatic N) is 6. The summed E-state index contributed by atoms with van der Waals surface area (Å²) in [6.45, 7) is 0.232. The summed E-state index contributed by atoms with van der Waals surface area (Å²) in [5, 5.41) is 15.3. The van der Waals surface area contributed by atoms with Crippen LogP contribution in [0.5, 0.6) is 0 Å². The molecule has 10 heteroatoms. The first-order valence-electron chi connectivity index (χ1n) is 10.7. The van der Waals surface area contributed by atoms with E-state index in [4.69, 9.17) is 16.1 Å². The number of pyridine rings is 1. The summed E-state index contributed by atoms with van der Waals surface area (Å²) in [7, 11) is 0. The molecule has 0 unspecified atom stereocenters. The standard InChI is InChI=1S/C23H19ClN6O3/c24-15-7-5-8-16-18(15)29(12-14-6-1-4-11-25-14)21(31)19-17(26-13-30(16)19)20-27-22(28-33-20)23(32)9-2-3-10-23/h1,4-8,11,13,32H,2-3,9-10,12H2. The number of para-hydroxylation sites is 1. The summed E-state index contributed by atoms with van der Waals surface area (Å²) in [5.74, 6) is 0.324. The first-order chi connectivity index (χ1) is 16.0. The van der Waals surface area contributed by atoms with Crippen molar-refractivity contribution in [2.24, 2.45) is 0 Å². The van der Waals surface area contributed by atoms with Crippen LogP contribution in [-0.4, -0.2) is 34.2 Å². The maximum Gasteiger partial charge on any atom is 0.279 e. The molecule has 6 rings (SSSR count). The van der Waals surface area contributed by atoms with Gasteiger partial charge in [0.25, 0.3) is 11.4 Å². The van der Waals surface area contributed by atoms with Crippen molar-refractivity contribution in [1.29, 1.82) is 0 Å². The summed E-state index contributed by atoms with van der Waals surface area (Å²) in [6.07, 6.45) is 6.19. The number of aliphatic hydroxyl groups is 1. The monoisotopic (exact) mass is 462 g/mol. The van der Waals surface area contributed by atoms with Gasteiger partial charge in [-0.2, -0.15) is 4.98 Å². The molecule has 0 saturated heterocycles. The summed E-state index contributed by atoms with van der Waals surface area (Å²) in [6, 6.07) is 11.0. The molecule has 4 aromatic heterocycles. The minimum Gasteiger partial charge on any atom is -0.382 e. The Balaban J connectivity index is 1.58. The number of benzene rings is 1. The highest BCUT2D eigenvalue weighted by atomic mass is 35.5. The van der Waals surface area contributed by atoms with Crippen LogP contribution in [0, 0.1) is 0 Å². The summed E-state index contributed by atoms with van der Waals surface area (Å²) >= 11 is 6.53. The third-order valence-electron chi connectivity index (χ3n) is 6.23. The molecule has 9 nitrogen and oxygen atoms in total. The van der Waals surface area contributed by atoms with Crippen LogP contribution in [0.2, 0.25) is 5.02 Å². The minimum absolute atomic E-state index is 0.0932. The van der Waals surface area contributed by atoms with E-state index in [-0.39, 0.29) is 35.0 Å². The average Bonchev–Trinajstić information content (AvgIpc) is 3.57. The fourth-order valence-electron chi connectivity index (χ4n) is 4.58. The van der Waals surface area contributed by atoms with Gasteiger partial charge >= 0.3 is 0 Å². The van der Waals surface area contributed by atoms with Gasteiger partial charge in [-0.1, -0.05) is 28.9 Å². The van der Waals surface area contributed by atoms with Crippen molar-refractivity contribution in [3.8, 4) is 11.6 Å². The van der Waals surface area contributed by atoms with E-state index in [0.29, 0.717) is 28.9 Å². The van der Waals surface area contributed by atoms with Gasteiger partial charge in [0, 0.05) is 6.20 Å². The lowest BCUT2D eigenvalue weighted by atomic mass is 10.0. The Labute approximate surface area is 192 Å². The Morgan fingerprint density at radius 1 is 1.09 bits per heavy atom. The molecule has 1 aliphatic rings. The van der Waals surface area contributed by atoms with Crippen LogP contribution in [0.4, 0.5) is 0 Å². The van der Waals surface area contributed by atoms with Crippen molar-refractivity contribution in [2.45, 2.75) is 37.8 Å². The topological polar surface area (TPSA) is 111 Å². The van der Waals surface area contributed by atoms with Gasteiger partial charge in [-0.25, -0.2) is 4.98 Å². The molecule has 4 heterocycles. The lowest BCUT2D eigenvalue weighted by Crippen LogP contribution is -2.24. The molecule has 0 amide bonds. The molecule has 1 fully saturated rings. The van der Waals surface area contributed by atoms with E-state index in [2.05, 4.69) is 20.1 Å². The van der Waals surface area contributed by atoms with Gasteiger partial charge in [-0.05, 0) is 49.9 Å². The van der Waals surface area contributed by atoms with E-state index in [1.807, 2.05) is 30.3 Å². The first kappa shape index (κ1) is 20.1. The van der Waals surface area contributed by atoms with Crippen LogP contribution in [0.3, 0.4) is 0 Å². The number of halogens is 1. The average molecular weight is 463 g/mol. The zero-order valence-electron chi connectivity index (χ0n) is 17.5. The van der Waals surface area contributed by atoms with Crippen LogP contribution in [-0.2, 0) is 12.1 Å². The van der Waals surface area contributed by atoms with Gasteiger partial charge in [0.15, 0.2) is 5.69 Å². The number of aromatic nitrogens is 6. The van der Waals surface area contributed by atoms with Crippen LogP contribution in [0.1, 0.15) is 37.2 Å². The Kier molecular flexibility index (Phi) is 4.56. The van der Waals surface area contributed by atoms with E-state index in [1.165, 1.54) is 0 Å². The van der Waals surface area contributed by atoms with E-state index < -0.39 is 5.60 Å². The largest absolute Gasteiger partial charge is 0.382 e. The van der Waals surface area contributed by atoms with Gasteiger partial charge < -0.3 is 9.63 Å². The molecule has 0 spiro atoms. The Hall–Kier alpha value is -3.56. The van der Waals surface area contributed by atoms with Crippen molar-refractivity contribution in [3.05, 3.63) is 75.8 Å². The predicted octanol–water partition coefficient (Wildman–Crippen LogP) is 3.56. The van der Waals surface area contributed by atoms with Crippen LogP contribution in [0.15, 0.2) is 58.2 Å². The van der Waals surface area contributed by atoms with Crippen molar-refractivity contribution < 1.29 is 9.63 Å². The highest BCUT2D eigenvalue weighted by Crippen LogP contribution is 2.38. The fraction of sp³-hybridized carbons (Fsp3) is 0.261. The molecule has 0 atom stereocenters. The summed E-state index contributed by atoms with van der Waals surface area (Å²) in [4.78, 5) is 27.0. The maximum atomic E-state index is 13.8. The number of hydrogen-bond acceptors (Lipinski definition) is 7. The molecular formula is C23H19ClN6O3. The Morgan fingerprint density at radius 2 is 1.94 bits per heavy atom. The van der Waals surface area contributed by atoms with E-state index in [0.717, 1.165) is 18.5 Å². The van der Waals surface area contributed by atoms with Gasteiger partial charge in [-0.3, -0.25) is 18.7 Å². The fourth-order valence-corrected chi connectivity index (χ4v) is 4.86. The van der Waals surface area contributed by atoms with E-state index in [9.17, 15) is 9.90 Å². The van der Waals surface area contributed by atoms with Gasteiger partial charge in [-0.15, -0.1) is 0 Å². The van der Waals surface area contributed by atoms with E-state index in [1.54, 1.807) is 27.6 Å². The molecular weight excluding hydrogens is 444 g/mol. The molecule has 1 aromatic carbocycles. The second-order valence-corrected chi connectivity index (χ2v) is 8.70. The third kappa shape index (κ3) is 3.15. The Morgan fingerprint density at radius 3 is 2.73 bits per heavy atom. The number of imidazole rings is 1. The van der Waals surface area contributed by atoms with Crippen molar-refractivity contribution in [1.82, 2.24) is 29.1 Å². The smallest absolute Gasteiger partial charge is 0.279 e. The molecule has 0 radical (unpaired) electrons. The second kappa shape index (κ2) is 7.50. The summed E-state index contributed by atoms with van der Waals surface area (Å²) < 4.78 is 8.73. The minimum atomic E-state index is -1.10. The highest BCUT2D eigenvalue weighted by molar-refractivity contribution is 6.35. The van der Waals surface area contributed by atoms with E-state index >= 15 is 0 Å². The number of hydrogen-bond donors (Lipinski definition) is 1. The number of fused-ring (bicyclic) bond motifs is 3.